The molecule has 0 bridgehead atoms. The van der Waals surface area contributed by atoms with E-state index in [1.54, 1.807) is 46.6 Å². The molecule has 1 amide bonds. The number of hydrogen-bond acceptors (Lipinski definition) is 6. The maximum Gasteiger partial charge on any atom is 0.271 e. The minimum absolute atomic E-state index is 0.0194. The predicted molar refractivity (Wildman–Crippen MR) is 106 cm³/mol. The van der Waals surface area contributed by atoms with Gasteiger partial charge in [0.2, 0.25) is 0 Å². The zero-order valence-corrected chi connectivity index (χ0v) is 15.9. The number of rotatable bonds is 5. The molecule has 0 aliphatic carbocycles. The average Bonchev–Trinajstić information content (AvgIpc) is 3.31. The summed E-state index contributed by atoms with van der Waals surface area (Å²) in [7, 11) is 0. The molecule has 4 rings (SSSR count). The van der Waals surface area contributed by atoms with Crippen molar-refractivity contribution < 1.29 is 14.5 Å². The number of non-ortho nitro benzene ring substituents is 1. The van der Waals surface area contributed by atoms with Crippen molar-refractivity contribution in [2.45, 2.75) is 20.0 Å². The first-order valence-electron chi connectivity index (χ1n) is 8.74. The normalized spacial score (nSPS) is 12.7. The lowest BCUT2D eigenvalue weighted by atomic mass is 10.1. The number of nitrogens with zero attached hydrogens (tertiary/aromatic N) is 3. The minimum Gasteiger partial charge on any atom is -0.487 e. The maximum absolute atomic E-state index is 13.0. The van der Waals surface area contributed by atoms with Crippen LogP contribution in [0.2, 0.25) is 0 Å². The molecule has 0 N–H and O–H groups in total. The van der Waals surface area contributed by atoms with Crippen molar-refractivity contribution in [1.29, 1.82) is 0 Å². The second kappa shape index (κ2) is 7.40. The number of carbonyl (C=O) groups is 1. The summed E-state index contributed by atoms with van der Waals surface area (Å²) in [6.07, 6.45) is 0.679. The van der Waals surface area contributed by atoms with E-state index >= 15 is 0 Å². The van der Waals surface area contributed by atoms with Crippen LogP contribution in [0.1, 0.15) is 26.6 Å². The van der Waals surface area contributed by atoms with Gasteiger partial charge in [0.15, 0.2) is 0 Å². The molecule has 1 aromatic heterocycles. The van der Waals surface area contributed by atoms with E-state index in [4.69, 9.17) is 4.74 Å². The summed E-state index contributed by atoms with van der Waals surface area (Å²) in [4.78, 5) is 29.6. The van der Waals surface area contributed by atoms with E-state index in [1.165, 1.54) is 12.1 Å². The van der Waals surface area contributed by atoms with Gasteiger partial charge in [0.05, 0.1) is 21.3 Å². The number of ether oxygens (including phenoxy) is 1. The zero-order chi connectivity index (χ0) is 19.7. The monoisotopic (exact) mass is 395 g/mol. The van der Waals surface area contributed by atoms with Gasteiger partial charge in [-0.25, -0.2) is 4.98 Å². The Balaban J connectivity index is 1.53. The fraction of sp³-hybridized carbons (Fsp3) is 0.200. The van der Waals surface area contributed by atoms with E-state index in [0.717, 1.165) is 16.3 Å². The van der Waals surface area contributed by atoms with Gasteiger partial charge >= 0.3 is 0 Å². The van der Waals surface area contributed by atoms with Gasteiger partial charge in [-0.05, 0) is 37.1 Å². The second-order valence-electron chi connectivity index (χ2n) is 6.45. The van der Waals surface area contributed by atoms with E-state index in [2.05, 4.69) is 4.98 Å². The highest BCUT2D eigenvalue weighted by Gasteiger charge is 2.27. The van der Waals surface area contributed by atoms with E-state index in [1.807, 2.05) is 12.3 Å². The second-order valence-corrected chi connectivity index (χ2v) is 7.51. The standard InChI is InChI=1S/C20H17N3O4S/c1-13-21-16(12-28-13)11-27-18-4-2-3-15(9-18)20(24)22-8-7-14-5-6-17(23(25)26)10-19(14)22/h2-6,9-10,12H,7-8,11H2,1H3. The maximum atomic E-state index is 13.0. The topological polar surface area (TPSA) is 85.6 Å². The molecular formula is C20H17N3O4S. The summed E-state index contributed by atoms with van der Waals surface area (Å²) < 4.78 is 5.76. The smallest absolute Gasteiger partial charge is 0.271 e. The Morgan fingerprint density at radius 1 is 1.32 bits per heavy atom. The average molecular weight is 395 g/mol. The van der Waals surface area contributed by atoms with Crippen LogP contribution in [0.4, 0.5) is 11.4 Å². The molecule has 142 valence electrons. The van der Waals surface area contributed by atoms with Crippen LogP contribution >= 0.6 is 11.3 Å². The number of thiazole rings is 1. The Hall–Kier alpha value is -3.26. The van der Waals surface area contributed by atoms with Gasteiger partial charge in [0.1, 0.15) is 12.4 Å². The largest absolute Gasteiger partial charge is 0.487 e. The van der Waals surface area contributed by atoms with Gasteiger partial charge in [-0.15, -0.1) is 11.3 Å². The minimum atomic E-state index is -0.449. The molecule has 0 radical (unpaired) electrons. The molecular weight excluding hydrogens is 378 g/mol. The number of nitro benzene ring substituents is 1. The Morgan fingerprint density at radius 2 is 2.18 bits per heavy atom. The molecule has 3 aromatic rings. The molecule has 0 saturated carbocycles. The summed E-state index contributed by atoms with van der Waals surface area (Å²) in [5.74, 6) is 0.379. The van der Waals surface area contributed by atoms with Crippen molar-refractivity contribution in [1.82, 2.24) is 4.98 Å². The predicted octanol–water partition coefficient (Wildman–Crippen LogP) is 4.14. The first-order valence-corrected chi connectivity index (χ1v) is 9.62. The fourth-order valence-corrected chi connectivity index (χ4v) is 3.80. The van der Waals surface area contributed by atoms with E-state index in [9.17, 15) is 14.9 Å². The van der Waals surface area contributed by atoms with Crippen molar-refractivity contribution in [3.05, 3.63) is 79.8 Å². The molecule has 0 atom stereocenters. The van der Waals surface area contributed by atoms with Crippen LogP contribution in [-0.4, -0.2) is 22.4 Å². The van der Waals surface area contributed by atoms with Crippen molar-refractivity contribution in [3.63, 3.8) is 0 Å². The van der Waals surface area contributed by atoms with Crippen LogP contribution in [0.15, 0.2) is 47.8 Å². The van der Waals surface area contributed by atoms with Gasteiger partial charge in [-0.2, -0.15) is 0 Å². The Bertz CT molecular complexity index is 1060. The quantitative estimate of drug-likeness (QED) is 0.479. The van der Waals surface area contributed by atoms with E-state index in [-0.39, 0.29) is 11.6 Å². The Kier molecular flexibility index (Phi) is 4.79. The molecule has 28 heavy (non-hydrogen) atoms. The van der Waals surface area contributed by atoms with E-state index in [0.29, 0.717) is 36.6 Å². The number of amides is 1. The SMILES string of the molecule is Cc1nc(COc2cccc(C(=O)N3CCc4ccc([N+](=O)[O-])cc43)c2)cs1. The number of nitro groups is 1. The third-order valence-corrected chi connectivity index (χ3v) is 5.38. The molecule has 8 heteroatoms. The number of benzene rings is 2. The van der Waals surface area contributed by atoms with Gasteiger partial charge < -0.3 is 9.64 Å². The number of hydrogen-bond donors (Lipinski definition) is 0. The number of aryl methyl sites for hydroxylation is 1. The van der Waals surface area contributed by atoms with Crippen LogP contribution in [0.3, 0.4) is 0 Å². The molecule has 0 spiro atoms. The Morgan fingerprint density at radius 3 is 2.93 bits per heavy atom. The molecule has 7 nitrogen and oxygen atoms in total. The van der Waals surface area contributed by atoms with E-state index < -0.39 is 4.92 Å². The molecule has 2 heterocycles. The number of fused-ring (bicyclic) bond motifs is 1. The summed E-state index contributed by atoms with van der Waals surface area (Å²) >= 11 is 1.56. The van der Waals surface area contributed by atoms with Crippen molar-refractivity contribution in [2.75, 3.05) is 11.4 Å². The number of aromatic nitrogens is 1. The van der Waals surface area contributed by atoms with Crippen LogP contribution in [0.25, 0.3) is 0 Å². The Labute approximate surface area is 165 Å². The number of anilines is 1. The van der Waals surface area contributed by atoms with Gasteiger partial charge in [0.25, 0.3) is 11.6 Å². The molecule has 1 aliphatic rings. The van der Waals surface area contributed by atoms with Gasteiger partial charge in [-0.3, -0.25) is 14.9 Å². The molecule has 1 aliphatic heterocycles. The first-order chi connectivity index (χ1) is 13.5. The molecule has 0 saturated heterocycles. The summed E-state index contributed by atoms with van der Waals surface area (Å²) in [5, 5.41) is 14.0. The van der Waals surface area contributed by atoms with Crippen LogP contribution in [0.5, 0.6) is 5.75 Å². The fourth-order valence-electron chi connectivity index (χ4n) is 3.20. The molecule has 0 unspecified atom stereocenters. The van der Waals surface area contributed by atoms with Crippen molar-refractivity contribution in [2.24, 2.45) is 0 Å². The zero-order valence-electron chi connectivity index (χ0n) is 15.1. The first kappa shape index (κ1) is 18.1. The van der Waals surface area contributed by atoms with Crippen LogP contribution in [-0.2, 0) is 13.0 Å². The molecule has 2 aromatic carbocycles. The van der Waals surface area contributed by atoms with Crippen molar-refractivity contribution in [3.8, 4) is 5.75 Å². The van der Waals surface area contributed by atoms with Crippen molar-refractivity contribution >= 4 is 28.6 Å². The highest BCUT2D eigenvalue weighted by atomic mass is 32.1. The third kappa shape index (κ3) is 3.59. The lowest BCUT2D eigenvalue weighted by molar-refractivity contribution is -0.384. The van der Waals surface area contributed by atoms with Gasteiger partial charge in [-0.1, -0.05) is 12.1 Å². The highest BCUT2D eigenvalue weighted by molar-refractivity contribution is 7.09. The summed E-state index contributed by atoms with van der Waals surface area (Å²) in [5.41, 5.74) is 2.84. The summed E-state index contributed by atoms with van der Waals surface area (Å²) in [6.45, 7) is 2.77. The van der Waals surface area contributed by atoms with Crippen LogP contribution in [0, 0.1) is 17.0 Å². The lowest BCUT2D eigenvalue weighted by Gasteiger charge is -2.17. The summed E-state index contributed by atoms with van der Waals surface area (Å²) in [6, 6.07) is 11.6. The number of carbonyl (C=O) groups excluding carboxylic acids is 1. The van der Waals surface area contributed by atoms with Crippen LogP contribution < -0.4 is 9.64 Å². The molecule has 0 fully saturated rings. The highest BCUT2D eigenvalue weighted by Crippen LogP contribution is 2.33. The van der Waals surface area contributed by atoms with Gasteiger partial charge in [0, 0.05) is 29.6 Å². The third-order valence-electron chi connectivity index (χ3n) is 4.55. The lowest BCUT2D eigenvalue weighted by Crippen LogP contribution is -2.28.